The van der Waals surface area contributed by atoms with Crippen LogP contribution in [0.15, 0.2) is 0 Å². The van der Waals surface area contributed by atoms with Gasteiger partial charge in [-0.05, 0) is 38.0 Å². The third-order valence-electron chi connectivity index (χ3n) is 4.16. The maximum absolute atomic E-state index is 12.1. The number of nitrogens with zero attached hydrogens (tertiary/aromatic N) is 1. The van der Waals surface area contributed by atoms with Crippen molar-refractivity contribution in [1.29, 1.82) is 0 Å². The molecule has 1 amide bonds. The van der Waals surface area contributed by atoms with E-state index < -0.39 is 0 Å². The van der Waals surface area contributed by atoms with E-state index in [9.17, 15) is 4.79 Å². The molecule has 4 atom stereocenters. The van der Waals surface area contributed by atoms with Crippen LogP contribution in [0.2, 0.25) is 0 Å². The van der Waals surface area contributed by atoms with Gasteiger partial charge in [0, 0.05) is 6.54 Å². The first-order valence-corrected chi connectivity index (χ1v) is 6.68. The third kappa shape index (κ3) is 2.24. The molecule has 1 aliphatic carbocycles. The Morgan fingerprint density at radius 3 is 2.62 bits per heavy atom. The van der Waals surface area contributed by atoms with Crippen molar-refractivity contribution in [3.63, 3.8) is 0 Å². The van der Waals surface area contributed by atoms with Crippen molar-refractivity contribution in [2.75, 3.05) is 6.54 Å². The average Bonchev–Trinajstić information content (AvgIpc) is 2.77. The van der Waals surface area contributed by atoms with Gasteiger partial charge in [0.25, 0.3) is 0 Å². The molecule has 2 fully saturated rings. The lowest BCUT2D eigenvalue weighted by molar-refractivity contribution is -0.130. The molecule has 0 bridgehead atoms. The standard InChI is InChI=1S/C13H24N2O/c1-4-12-13(16)15(10(3)14-12)8-11-6-5-9(2)7-11/h9-12,14H,4-8H2,1-3H3. The van der Waals surface area contributed by atoms with Gasteiger partial charge in [0.15, 0.2) is 0 Å². The highest BCUT2D eigenvalue weighted by Gasteiger charge is 2.37. The Morgan fingerprint density at radius 2 is 2.12 bits per heavy atom. The van der Waals surface area contributed by atoms with Crippen LogP contribution in [0.4, 0.5) is 0 Å². The van der Waals surface area contributed by atoms with Crippen molar-refractivity contribution < 1.29 is 4.79 Å². The van der Waals surface area contributed by atoms with Crippen LogP contribution in [0.25, 0.3) is 0 Å². The first kappa shape index (κ1) is 11.9. The largest absolute Gasteiger partial charge is 0.326 e. The second-order valence-electron chi connectivity index (χ2n) is 5.58. The molecule has 1 N–H and O–H groups in total. The number of amides is 1. The molecule has 2 aliphatic rings. The Balaban J connectivity index is 1.92. The van der Waals surface area contributed by atoms with Gasteiger partial charge in [0.1, 0.15) is 0 Å². The highest BCUT2D eigenvalue weighted by molar-refractivity contribution is 5.84. The Bertz CT molecular complexity index is 267. The van der Waals surface area contributed by atoms with Gasteiger partial charge in [-0.25, -0.2) is 0 Å². The number of hydrogen-bond donors (Lipinski definition) is 1. The van der Waals surface area contributed by atoms with Gasteiger partial charge in [-0.2, -0.15) is 0 Å². The Hall–Kier alpha value is -0.570. The predicted octanol–water partition coefficient (Wildman–Crippen LogP) is 1.98. The molecular formula is C13H24N2O. The minimum absolute atomic E-state index is 0.0637. The van der Waals surface area contributed by atoms with E-state index in [-0.39, 0.29) is 12.2 Å². The molecule has 3 nitrogen and oxygen atoms in total. The van der Waals surface area contributed by atoms with Gasteiger partial charge >= 0.3 is 0 Å². The summed E-state index contributed by atoms with van der Waals surface area (Å²) in [7, 11) is 0. The van der Waals surface area contributed by atoms with Crippen LogP contribution in [-0.4, -0.2) is 29.6 Å². The van der Waals surface area contributed by atoms with Crippen LogP contribution in [0.3, 0.4) is 0 Å². The van der Waals surface area contributed by atoms with Gasteiger partial charge in [-0.15, -0.1) is 0 Å². The summed E-state index contributed by atoms with van der Waals surface area (Å²) in [4.78, 5) is 14.1. The summed E-state index contributed by atoms with van der Waals surface area (Å²) >= 11 is 0. The number of hydrogen-bond acceptors (Lipinski definition) is 2. The molecule has 3 heteroatoms. The number of carbonyl (C=O) groups is 1. The quantitative estimate of drug-likeness (QED) is 0.795. The molecule has 1 saturated carbocycles. The molecule has 0 aromatic heterocycles. The second kappa shape index (κ2) is 4.74. The van der Waals surface area contributed by atoms with E-state index in [2.05, 4.69) is 31.0 Å². The normalized spacial score (nSPS) is 39.7. The molecule has 0 spiro atoms. The summed E-state index contributed by atoms with van der Waals surface area (Å²) in [6.07, 6.45) is 5.07. The first-order chi connectivity index (χ1) is 7.61. The third-order valence-corrected chi connectivity index (χ3v) is 4.16. The van der Waals surface area contributed by atoms with Crippen LogP contribution in [-0.2, 0) is 4.79 Å². The molecule has 1 heterocycles. The summed E-state index contributed by atoms with van der Waals surface area (Å²) in [5.41, 5.74) is 0. The lowest BCUT2D eigenvalue weighted by atomic mass is 10.1. The lowest BCUT2D eigenvalue weighted by Crippen LogP contribution is -2.38. The first-order valence-electron chi connectivity index (χ1n) is 6.68. The number of nitrogens with one attached hydrogen (secondary N) is 1. The topological polar surface area (TPSA) is 32.3 Å². The molecule has 4 unspecified atom stereocenters. The van der Waals surface area contributed by atoms with Gasteiger partial charge in [-0.3, -0.25) is 10.1 Å². The second-order valence-corrected chi connectivity index (χ2v) is 5.58. The molecule has 16 heavy (non-hydrogen) atoms. The molecule has 1 saturated heterocycles. The minimum Gasteiger partial charge on any atom is -0.326 e. The molecule has 0 aromatic carbocycles. The average molecular weight is 224 g/mol. The Kier molecular flexibility index (Phi) is 3.53. The van der Waals surface area contributed by atoms with Crippen LogP contribution in [0, 0.1) is 11.8 Å². The van der Waals surface area contributed by atoms with E-state index in [1.54, 1.807) is 0 Å². The van der Waals surface area contributed by atoms with Crippen molar-refractivity contribution in [3.05, 3.63) is 0 Å². The fourth-order valence-electron chi connectivity index (χ4n) is 3.15. The van der Waals surface area contributed by atoms with E-state index in [1.165, 1.54) is 19.3 Å². The summed E-state index contributed by atoms with van der Waals surface area (Å²) in [6, 6.07) is 0.0637. The minimum atomic E-state index is 0.0637. The Labute approximate surface area is 98.6 Å². The van der Waals surface area contributed by atoms with Gasteiger partial charge in [0.2, 0.25) is 5.91 Å². The maximum atomic E-state index is 12.1. The van der Waals surface area contributed by atoms with Crippen LogP contribution in [0.5, 0.6) is 0 Å². The van der Waals surface area contributed by atoms with Crippen molar-refractivity contribution in [2.24, 2.45) is 11.8 Å². The van der Waals surface area contributed by atoms with Crippen LogP contribution < -0.4 is 5.32 Å². The molecule has 1 aliphatic heterocycles. The van der Waals surface area contributed by atoms with Crippen molar-refractivity contribution in [2.45, 2.75) is 58.7 Å². The van der Waals surface area contributed by atoms with E-state index in [4.69, 9.17) is 0 Å². The van der Waals surface area contributed by atoms with Crippen LogP contribution >= 0.6 is 0 Å². The zero-order valence-electron chi connectivity index (χ0n) is 10.7. The van der Waals surface area contributed by atoms with E-state index in [0.717, 1.165) is 24.8 Å². The zero-order valence-corrected chi connectivity index (χ0v) is 10.7. The van der Waals surface area contributed by atoms with Gasteiger partial charge < -0.3 is 4.90 Å². The maximum Gasteiger partial charge on any atom is 0.241 e. The molecule has 92 valence electrons. The van der Waals surface area contributed by atoms with Gasteiger partial charge in [0.05, 0.1) is 12.2 Å². The highest BCUT2D eigenvalue weighted by Crippen LogP contribution is 2.31. The predicted molar refractivity (Wildman–Crippen MR) is 64.9 cm³/mol. The number of carbonyl (C=O) groups excluding carboxylic acids is 1. The summed E-state index contributed by atoms with van der Waals surface area (Å²) in [5.74, 6) is 1.90. The van der Waals surface area contributed by atoms with Crippen molar-refractivity contribution in [1.82, 2.24) is 10.2 Å². The Morgan fingerprint density at radius 1 is 1.38 bits per heavy atom. The molecule has 2 rings (SSSR count). The fourth-order valence-corrected chi connectivity index (χ4v) is 3.15. The highest BCUT2D eigenvalue weighted by atomic mass is 16.2. The fraction of sp³-hybridized carbons (Fsp3) is 0.923. The monoisotopic (exact) mass is 224 g/mol. The summed E-state index contributed by atoms with van der Waals surface area (Å²) in [6.45, 7) is 7.46. The van der Waals surface area contributed by atoms with Crippen molar-refractivity contribution >= 4 is 5.91 Å². The zero-order chi connectivity index (χ0) is 11.7. The van der Waals surface area contributed by atoms with E-state index in [0.29, 0.717) is 5.91 Å². The van der Waals surface area contributed by atoms with E-state index in [1.807, 2.05) is 0 Å². The van der Waals surface area contributed by atoms with Gasteiger partial charge in [-0.1, -0.05) is 20.3 Å². The SMILES string of the molecule is CCC1NC(C)N(CC2CCC(C)C2)C1=O. The van der Waals surface area contributed by atoms with E-state index >= 15 is 0 Å². The summed E-state index contributed by atoms with van der Waals surface area (Å²) in [5, 5.41) is 3.36. The summed E-state index contributed by atoms with van der Waals surface area (Å²) < 4.78 is 0. The molecule has 0 radical (unpaired) electrons. The number of rotatable bonds is 3. The molecular weight excluding hydrogens is 200 g/mol. The molecule has 0 aromatic rings. The smallest absolute Gasteiger partial charge is 0.241 e. The van der Waals surface area contributed by atoms with Crippen LogP contribution in [0.1, 0.15) is 46.5 Å². The lowest BCUT2D eigenvalue weighted by Gasteiger charge is -2.24. The van der Waals surface area contributed by atoms with Crippen molar-refractivity contribution in [3.8, 4) is 0 Å².